The fraction of sp³-hybridized carbons (Fsp3) is 0.0833. The minimum absolute atomic E-state index is 0.0174. The molecule has 1 N–H and O–H groups in total. The molecule has 1 aromatic carbocycles. The Labute approximate surface area is 117 Å². The van der Waals surface area contributed by atoms with Gasteiger partial charge in [-0.05, 0) is 12.1 Å². The summed E-state index contributed by atoms with van der Waals surface area (Å²) in [6.07, 6.45) is 0. The van der Waals surface area contributed by atoms with E-state index in [1.807, 2.05) is 24.3 Å². The summed E-state index contributed by atoms with van der Waals surface area (Å²) in [7, 11) is 0. The van der Waals surface area contributed by atoms with Crippen molar-refractivity contribution in [3.63, 3.8) is 0 Å². The normalized spacial score (nSPS) is 10.8. The van der Waals surface area contributed by atoms with E-state index in [-0.39, 0.29) is 6.61 Å². The fourth-order valence-corrected chi connectivity index (χ4v) is 2.28. The summed E-state index contributed by atoms with van der Waals surface area (Å²) < 4.78 is 9.23. The molecule has 2 aromatic heterocycles. The molecule has 0 radical (unpaired) electrons. The van der Waals surface area contributed by atoms with Crippen molar-refractivity contribution in [2.45, 2.75) is 6.61 Å². The van der Waals surface area contributed by atoms with Crippen molar-refractivity contribution in [2.75, 3.05) is 0 Å². The summed E-state index contributed by atoms with van der Waals surface area (Å²) >= 11 is 6.89. The molecule has 0 amide bonds. The molecule has 96 valence electrons. The molecule has 5 nitrogen and oxygen atoms in total. The number of hydrogen-bond acceptors (Lipinski definition) is 5. The van der Waals surface area contributed by atoms with Crippen molar-refractivity contribution in [3.8, 4) is 0 Å². The molecule has 0 fully saturated rings. The standard InChI is InChI=1S/C12H8ClN3O2S/c13-11-10(15-16-19-11)6-18-12(17)9-5-7-3-1-2-4-8(7)14-9/h1-5,14H,6H2. The minimum Gasteiger partial charge on any atom is -0.454 e. The predicted octanol–water partition coefficient (Wildman–Crippen LogP) is 3.03. The van der Waals surface area contributed by atoms with Crippen LogP contribution in [0.5, 0.6) is 0 Å². The molecule has 0 aliphatic heterocycles. The smallest absolute Gasteiger partial charge is 0.355 e. The number of aromatic nitrogens is 3. The van der Waals surface area contributed by atoms with Crippen molar-refractivity contribution in [1.82, 2.24) is 14.6 Å². The predicted molar refractivity (Wildman–Crippen MR) is 72.3 cm³/mol. The van der Waals surface area contributed by atoms with Crippen molar-refractivity contribution in [1.29, 1.82) is 0 Å². The maximum Gasteiger partial charge on any atom is 0.355 e. The van der Waals surface area contributed by atoms with E-state index in [2.05, 4.69) is 14.6 Å². The van der Waals surface area contributed by atoms with Crippen LogP contribution in [0.4, 0.5) is 0 Å². The van der Waals surface area contributed by atoms with Gasteiger partial charge >= 0.3 is 5.97 Å². The average Bonchev–Trinajstić information content (AvgIpc) is 3.01. The van der Waals surface area contributed by atoms with E-state index in [0.29, 0.717) is 15.7 Å². The second-order valence-corrected chi connectivity index (χ2v) is 5.20. The van der Waals surface area contributed by atoms with E-state index in [4.69, 9.17) is 16.3 Å². The summed E-state index contributed by atoms with van der Waals surface area (Å²) in [5.74, 6) is -0.444. The lowest BCUT2D eigenvalue weighted by atomic mass is 10.2. The summed E-state index contributed by atoms with van der Waals surface area (Å²) in [5.41, 5.74) is 1.76. The Morgan fingerprint density at radius 1 is 1.42 bits per heavy atom. The van der Waals surface area contributed by atoms with Crippen molar-refractivity contribution in [3.05, 3.63) is 46.1 Å². The van der Waals surface area contributed by atoms with Gasteiger partial charge in [0.05, 0.1) is 0 Å². The lowest BCUT2D eigenvalue weighted by Crippen LogP contribution is -2.06. The maximum absolute atomic E-state index is 11.9. The van der Waals surface area contributed by atoms with E-state index >= 15 is 0 Å². The highest BCUT2D eigenvalue weighted by Crippen LogP contribution is 2.19. The van der Waals surface area contributed by atoms with Gasteiger partial charge < -0.3 is 9.72 Å². The van der Waals surface area contributed by atoms with Crippen LogP contribution < -0.4 is 0 Å². The number of aromatic amines is 1. The maximum atomic E-state index is 11.9. The Bertz CT molecular complexity index is 704. The Kier molecular flexibility index (Phi) is 3.18. The molecule has 3 aromatic rings. The molecule has 0 aliphatic carbocycles. The van der Waals surface area contributed by atoms with E-state index in [9.17, 15) is 4.79 Å². The van der Waals surface area contributed by atoms with Gasteiger partial charge in [0.1, 0.15) is 22.3 Å². The van der Waals surface area contributed by atoms with Crippen LogP contribution in [0.1, 0.15) is 16.2 Å². The number of rotatable bonds is 3. The monoisotopic (exact) mass is 293 g/mol. The van der Waals surface area contributed by atoms with Gasteiger partial charge in [-0.15, -0.1) is 5.10 Å². The van der Waals surface area contributed by atoms with Crippen LogP contribution in [-0.4, -0.2) is 20.5 Å². The molecule has 0 atom stereocenters. The molecular formula is C12H8ClN3O2S. The van der Waals surface area contributed by atoms with E-state index in [1.54, 1.807) is 6.07 Å². The van der Waals surface area contributed by atoms with Crippen molar-refractivity contribution in [2.24, 2.45) is 0 Å². The van der Waals surface area contributed by atoms with Crippen LogP contribution in [-0.2, 0) is 11.3 Å². The Morgan fingerprint density at radius 3 is 3.00 bits per heavy atom. The third-order valence-corrected chi connectivity index (χ3v) is 3.58. The first-order valence-corrected chi connectivity index (χ1v) is 6.61. The van der Waals surface area contributed by atoms with E-state index in [0.717, 1.165) is 22.4 Å². The van der Waals surface area contributed by atoms with Gasteiger partial charge in [0, 0.05) is 22.4 Å². The second kappa shape index (κ2) is 4.99. The summed E-state index contributed by atoms with van der Waals surface area (Å²) in [6.45, 7) is 0.0174. The number of nitrogens with zero attached hydrogens (tertiary/aromatic N) is 2. The largest absolute Gasteiger partial charge is 0.454 e. The SMILES string of the molecule is O=C(OCc1nnsc1Cl)c1cc2ccccc2[nH]1. The number of carbonyl (C=O) groups excluding carboxylic acids is 1. The molecule has 7 heteroatoms. The second-order valence-electron chi connectivity index (χ2n) is 3.84. The zero-order valence-electron chi connectivity index (χ0n) is 9.59. The first-order chi connectivity index (χ1) is 9.24. The van der Waals surface area contributed by atoms with Crippen LogP contribution in [0.15, 0.2) is 30.3 Å². The van der Waals surface area contributed by atoms with Crippen LogP contribution in [0.25, 0.3) is 10.9 Å². The van der Waals surface area contributed by atoms with Gasteiger partial charge in [-0.3, -0.25) is 0 Å². The number of esters is 1. The van der Waals surface area contributed by atoms with Gasteiger partial charge in [-0.25, -0.2) is 4.79 Å². The number of H-pyrrole nitrogens is 1. The topological polar surface area (TPSA) is 67.9 Å². The van der Waals surface area contributed by atoms with E-state index < -0.39 is 5.97 Å². The zero-order valence-corrected chi connectivity index (χ0v) is 11.2. The van der Waals surface area contributed by atoms with Crippen LogP contribution in [0, 0.1) is 0 Å². The number of fused-ring (bicyclic) bond motifs is 1. The molecule has 2 heterocycles. The Balaban J connectivity index is 1.75. The van der Waals surface area contributed by atoms with Crippen LogP contribution >= 0.6 is 23.1 Å². The Hall–Kier alpha value is -1.92. The number of benzene rings is 1. The molecule has 0 aliphatic rings. The van der Waals surface area contributed by atoms with Crippen molar-refractivity contribution >= 4 is 40.0 Å². The van der Waals surface area contributed by atoms with Crippen LogP contribution in [0.2, 0.25) is 4.34 Å². The minimum atomic E-state index is -0.444. The third-order valence-electron chi connectivity index (χ3n) is 2.60. The summed E-state index contributed by atoms with van der Waals surface area (Å²) in [5, 5.41) is 4.73. The van der Waals surface area contributed by atoms with Gasteiger partial charge in [-0.1, -0.05) is 34.3 Å². The summed E-state index contributed by atoms with van der Waals surface area (Å²) in [6, 6.07) is 9.37. The zero-order chi connectivity index (χ0) is 13.2. The number of ether oxygens (including phenoxy) is 1. The molecular weight excluding hydrogens is 286 g/mol. The Morgan fingerprint density at radius 2 is 2.26 bits per heavy atom. The van der Waals surface area contributed by atoms with Gasteiger partial charge in [-0.2, -0.15) is 0 Å². The molecule has 19 heavy (non-hydrogen) atoms. The highest BCUT2D eigenvalue weighted by Gasteiger charge is 2.13. The third kappa shape index (κ3) is 2.45. The van der Waals surface area contributed by atoms with Crippen molar-refractivity contribution < 1.29 is 9.53 Å². The first kappa shape index (κ1) is 12.1. The number of halogens is 1. The number of nitrogens with one attached hydrogen (secondary N) is 1. The highest BCUT2D eigenvalue weighted by atomic mass is 35.5. The lowest BCUT2D eigenvalue weighted by molar-refractivity contribution is 0.0462. The first-order valence-electron chi connectivity index (χ1n) is 5.45. The number of hydrogen-bond donors (Lipinski definition) is 1. The van der Waals surface area contributed by atoms with E-state index in [1.165, 1.54) is 0 Å². The molecule has 0 spiro atoms. The number of carbonyl (C=O) groups is 1. The quantitative estimate of drug-likeness (QED) is 0.754. The number of para-hydroxylation sites is 1. The van der Waals surface area contributed by atoms with Gasteiger partial charge in [0.15, 0.2) is 0 Å². The van der Waals surface area contributed by atoms with Gasteiger partial charge in [0.25, 0.3) is 0 Å². The summed E-state index contributed by atoms with van der Waals surface area (Å²) in [4.78, 5) is 14.9. The highest BCUT2D eigenvalue weighted by molar-refractivity contribution is 7.10. The average molecular weight is 294 g/mol. The molecule has 0 saturated carbocycles. The fourth-order valence-electron chi connectivity index (χ4n) is 1.68. The van der Waals surface area contributed by atoms with Crippen LogP contribution in [0.3, 0.4) is 0 Å². The lowest BCUT2D eigenvalue weighted by Gasteiger charge is -2.00. The molecule has 0 bridgehead atoms. The van der Waals surface area contributed by atoms with Gasteiger partial charge in [0.2, 0.25) is 0 Å². The molecule has 0 unspecified atom stereocenters. The molecule has 3 rings (SSSR count). The molecule has 0 saturated heterocycles.